The predicted molar refractivity (Wildman–Crippen MR) is 104 cm³/mol. The third kappa shape index (κ3) is 4.12. The summed E-state index contributed by atoms with van der Waals surface area (Å²) in [5.74, 6) is 0.863. The second-order valence-electron chi connectivity index (χ2n) is 8.08. The molecule has 2 saturated heterocycles. The van der Waals surface area contributed by atoms with E-state index in [1.165, 1.54) is 26.2 Å². The van der Waals surface area contributed by atoms with Gasteiger partial charge in [-0.3, -0.25) is 14.4 Å². The van der Waals surface area contributed by atoms with Gasteiger partial charge in [0.25, 0.3) is 5.91 Å². The highest BCUT2D eigenvalue weighted by Crippen LogP contribution is 2.26. The van der Waals surface area contributed by atoms with Crippen molar-refractivity contribution >= 4 is 5.91 Å². The second-order valence-corrected chi connectivity index (χ2v) is 8.08. The Balaban J connectivity index is 1.54. The number of rotatable bonds is 5. The average molecular weight is 362 g/mol. The molecule has 2 aliphatic heterocycles. The minimum atomic E-state index is 0.163. The van der Waals surface area contributed by atoms with Crippen LogP contribution in [0.5, 0.6) is 0 Å². The first-order valence-corrected chi connectivity index (χ1v) is 10.3. The zero-order chi connectivity index (χ0) is 18.7. The molecule has 6 nitrogen and oxygen atoms in total. The highest BCUT2D eigenvalue weighted by atomic mass is 16.2. The topological polar surface area (TPSA) is 44.6 Å². The van der Waals surface area contributed by atoms with E-state index in [-0.39, 0.29) is 5.91 Å². The maximum atomic E-state index is 12.9. The van der Waals surface area contributed by atoms with Gasteiger partial charge in [-0.1, -0.05) is 6.92 Å². The van der Waals surface area contributed by atoms with Crippen LogP contribution >= 0.6 is 0 Å². The fraction of sp³-hybridized carbons (Fsp3) is 0.800. The molecule has 3 heterocycles. The molecule has 0 radical (unpaired) electrons. The van der Waals surface area contributed by atoms with Crippen molar-refractivity contribution in [2.45, 2.75) is 52.6 Å². The number of carbonyl (C=O) groups is 1. The number of piperidine rings is 1. The first-order valence-electron chi connectivity index (χ1n) is 10.3. The number of hydrogen-bond donors (Lipinski definition) is 0. The van der Waals surface area contributed by atoms with Crippen LogP contribution in [0.1, 0.15) is 49.2 Å². The molecule has 6 heteroatoms. The van der Waals surface area contributed by atoms with Crippen molar-refractivity contribution in [1.82, 2.24) is 24.5 Å². The SMILES string of the molecule is CCCn1ncc(C(=O)N2CCC([C@@H](C)N3CCN(C)CC3)CC2)c1C. The molecular formula is C20H35N5O. The van der Waals surface area contributed by atoms with Crippen molar-refractivity contribution in [3.05, 3.63) is 17.5 Å². The van der Waals surface area contributed by atoms with Gasteiger partial charge in [0.15, 0.2) is 0 Å². The zero-order valence-electron chi connectivity index (χ0n) is 16.9. The van der Waals surface area contributed by atoms with E-state index >= 15 is 0 Å². The smallest absolute Gasteiger partial charge is 0.257 e. The van der Waals surface area contributed by atoms with Crippen molar-refractivity contribution in [3.63, 3.8) is 0 Å². The number of nitrogens with zero attached hydrogens (tertiary/aromatic N) is 5. The van der Waals surface area contributed by atoms with Crippen molar-refractivity contribution < 1.29 is 4.79 Å². The van der Waals surface area contributed by atoms with Gasteiger partial charge >= 0.3 is 0 Å². The van der Waals surface area contributed by atoms with Gasteiger partial charge < -0.3 is 9.80 Å². The van der Waals surface area contributed by atoms with Gasteiger partial charge in [0.2, 0.25) is 0 Å². The van der Waals surface area contributed by atoms with Crippen LogP contribution in [0.25, 0.3) is 0 Å². The van der Waals surface area contributed by atoms with E-state index in [0.29, 0.717) is 12.0 Å². The quantitative estimate of drug-likeness (QED) is 0.806. The largest absolute Gasteiger partial charge is 0.339 e. The lowest BCUT2D eigenvalue weighted by molar-refractivity contribution is 0.0499. The molecule has 26 heavy (non-hydrogen) atoms. The lowest BCUT2D eigenvalue weighted by Gasteiger charge is -2.42. The maximum absolute atomic E-state index is 12.9. The first kappa shape index (κ1) is 19.4. The summed E-state index contributed by atoms with van der Waals surface area (Å²) < 4.78 is 1.95. The lowest BCUT2D eigenvalue weighted by atomic mass is 9.89. The second kappa shape index (κ2) is 8.53. The van der Waals surface area contributed by atoms with E-state index in [2.05, 4.69) is 35.8 Å². The van der Waals surface area contributed by atoms with Gasteiger partial charge in [-0.25, -0.2) is 0 Å². The van der Waals surface area contributed by atoms with Gasteiger partial charge in [-0.2, -0.15) is 5.10 Å². The van der Waals surface area contributed by atoms with Crippen LogP contribution in [0.15, 0.2) is 6.20 Å². The number of aryl methyl sites for hydroxylation is 1. The predicted octanol–water partition coefficient (Wildman–Crippen LogP) is 2.09. The Morgan fingerprint density at radius 3 is 2.46 bits per heavy atom. The molecule has 146 valence electrons. The van der Waals surface area contributed by atoms with E-state index < -0.39 is 0 Å². The number of piperazine rings is 1. The summed E-state index contributed by atoms with van der Waals surface area (Å²) in [5.41, 5.74) is 1.79. The van der Waals surface area contributed by atoms with Crippen molar-refractivity contribution in [2.24, 2.45) is 5.92 Å². The molecule has 0 aliphatic carbocycles. The Morgan fingerprint density at radius 2 is 1.85 bits per heavy atom. The molecule has 0 aromatic carbocycles. The molecule has 0 saturated carbocycles. The van der Waals surface area contributed by atoms with Crippen LogP contribution in [-0.2, 0) is 6.54 Å². The average Bonchev–Trinajstić information content (AvgIpc) is 3.02. The number of likely N-dealkylation sites (tertiary alicyclic amines) is 1. The Labute approximate surface area is 158 Å². The van der Waals surface area contributed by atoms with Crippen molar-refractivity contribution in [1.29, 1.82) is 0 Å². The van der Waals surface area contributed by atoms with E-state index in [4.69, 9.17) is 0 Å². The number of amides is 1. The van der Waals surface area contributed by atoms with E-state index in [1.54, 1.807) is 6.20 Å². The molecule has 0 spiro atoms. The van der Waals surface area contributed by atoms with Crippen LogP contribution in [0.3, 0.4) is 0 Å². The van der Waals surface area contributed by atoms with E-state index in [1.807, 2.05) is 16.5 Å². The van der Waals surface area contributed by atoms with Gasteiger partial charge in [-0.15, -0.1) is 0 Å². The molecule has 1 aromatic rings. The Bertz CT molecular complexity index is 597. The molecule has 3 rings (SSSR count). The Hall–Kier alpha value is -1.40. The lowest BCUT2D eigenvalue weighted by Crippen LogP contribution is -2.52. The standard InChI is InChI=1S/C20H35N5O/c1-5-8-25-17(3)19(15-21-25)20(26)24-9-6-18(7-10-24)16(2)23-13-11-22(4)12-14-23/h15-16,18H,5-14H2,1-4H3/t16-/m1/s1. The summed E-state index contributed by atoms with van der Waals surface area (Å²) in [6.45, 7) is 13.8. The van der Waals surface area contributed by atoms with E-state index in [0.717, 1.165) is 50.2 Å². The Morgan fingerprint density at radius 1 is 1.19 bits per heavy atom. The van der Waals surface area contributed by atoms with Crippen molar-refractivity contribution in [2.75, 3.05) is 46.3 Å². The van der Waals surface area contributed by atoms with Crippen LogP contribution in [0.2, 0.25) is 0 Å². The summed E-state index contributed by atoms with van der Waals surface area (Å²) >= 11 is 0. The monoisotopic (exact) mass is 361 g/mol. The molecule has 2 fully saturated rings. The number of hydrogen-bond acceptors (Lipinski definition) is 4. The van der Waals surface area contributed by atoms with Gasteiger partial charge in [0.05, 0.1) is 11.8 Å². The normalized spacial score (nSPS) is 21.9. The first-order chi connectivity index (χ1) is 12.5. The minimum absolute atomic E-state index is 0.163. The third-order valence-corrected chi connectivity index (χ3v) is 6.39. The summed E-state index contributed by atoms with van der Waals surface area (Å²) in [5, 5.41) is 4.39. The van der Waals surface area contributed by atoms with Crippen LogP contribution < -0.4 is 0 Å². The number of carbonyl (C=O) groups excluding carboxylic acids is 1. The fourth-order valence-corrected chi connectivity index (χ4v) is 4.38. The minimum Gasteiger partial charge on any atom is -0.339 e. The van der Waals surface area contributed by atoms with Crippen LogP contribution in [0.4, 0.5) is 0 Å². The molecule has 1 aromatic heterocycles. The highest BCUT2D eigenvalue weighted by Gasteiger charge is 2.31. The number of likely N-dealkylation sites (N-methyl/N-ethyl adjacent to an activating group) is 1. The van der Waals surface area contributed by atoms with Gasteiger partial charge in [0, 0.05) is 57.5 Å². The fourth-order valence-electron chi connectivity index (χ4n) is 4.38. The van der Waals surface area contributed by atoms with Crippen LogP contribution in [-0.4, -0.2) is 82.7 Å². The van der Waals surface area contributed by atoms with E-state index in [9.17, 15) is 4.79 Å². The van der Waals surface area contributed by atoms with Gasteiger partial charge in [0.1, 0.15) is 0 Å². The third-order valence-electron chi connectivity index (χ3n) is 6.39. The maximum Gasteiger partial charge on any atom is 0.257 e. The zero-order valence-corrected chi connectivity index (χ0v) is 16.9. The number of aromatic nitrogens is 2. The van der Waals surface area contributed by atoms with Crippen molar-refractivity contribution in [3.8, 4) is 0 Å². The van der Waals surface area contributed by atoms with Gasteiger partial charge in [-0.05, 0) is 46.1 Å². The molecule has 1 amide bonds. The summed E-state index contributed by atoms with van der Waals surface area (Å²) in [4.78, 5) is 20.0. The Kier molecular flexibility index (Phi) is 6.35. The summed E-state index contributed by atoms with van der Waals surface area (Å²) in [7, 11) is 2.21. The molecule has 0 bridgehead atoms. The molecule has 0 unspecified atom stereocenters. The highest BCUT2D eigenvalue weighted by molar-refractivity contribution is 5.95. The summed E-state index contributed by atoms with van der Waals surface area (Å²) in [6, 6.07) is 0.620. The molecule has 1 atom stereocenters. The molecular weight excluding hydrogens is 326 g/mol. The summed E-state index contributed by atoms with van der Waals surface area (Å²) in [6.07, 6.45) is 5.01. The molecule has 2 aliphatic rings. The molecule has 0 N–H and O–H groups in total. The van der Waals surface area contributed by atoms with Crippen LogP contribution in [0, 0.1) is 12.8 Å².